The number of ether oxygens (including phenoxy) is 1. The van der Waals surface area contributed by atoms with Gasteiger partial charge in [0.2, 0.25) is 0 Å². The summed E-state index contributed by atoms with van der Waals surface area (Å²) in [5.41, 5.74) is 1.56. The van der Waals surface area contributed by atoms with E-state index in [4.69, 9.17) is 9.84 Å². The molecule has 12 heavy (non-hydrogen) atoms. The van der Waals surface area contributed by atoms with Crippen molar-refractivity contribution in [3.8, 4) is 0 Å². The van der Waals surface area contributed by atoms with Gasteiger partial charge >= 0.3 is 6.09 Å². The first-order valence-electron chi connectivity index (χ1n) is 3.57. The monoisotopic (exact) mass is 174 g/mol. The molecule has 0 aromatic rings. The Morgan fingerprint density at radius 3 is 2.67 bits per heavy atom. The van der Waals surface area contributed by atoms with Crippen molar-refractivity contribution >= 4 is 12.3 Å². The molecule has 0 aromatic carbocycles. The molecule has 0 aromatic heterocycles. The number of carbonyl (C=O) groups excluding carboxylic acids is 1. The Balaban J connectivity index is 3.68. The van der Waals surface area contributed by atoms with Crippen LogP contribution in [0.5, 0.6) is 0 Å². The maximum atomic E-state index is 10.8. The van der Waals surface area contributed by atoms with Crippen LogP contribution >= 0.6 is 0 Å². The van der Waals surface area contributed by atoms with Gasteiger partial charge in [-0.15, -0.1) is 0 Å². The number of hydrogen-bond donors (Lipinski definition) is 2. The van der Waals surface area contributed by atoms with Crippen LogP contribution in [0.15, 0.2) is 5.10 Å². The summed E-state index contributed by atoms with van der Waals surface area (Å²) in [5, 5.41) is 11.6. The first-order chi connectivity index (χ1) is 5.45. The molecular weight excluding hydrogens is 160 g/mol. The molecule has 0 saturated heterocycles. The van der Waals surface area contributed by atoms with E-state index in [1.807, 2.05) is 0 Å². The molecule has 0 heterocycles. The van der Waals surface area contributed by atoms with Gasteiger partial charge in [-0.25, -0.2) is 10.2 Å². The average molecular weight is 174 g/mol. The van der Waals surface area contributed by atoms with E-state index in [1.165, 1.54) is 0 Å². The van der Waals surface area contributed by atoms with Crippen LogP contribution in [-0.2, 0) is 4.74 Å². The largest absolute Gasteiger partial charge is 0.443 e. The van der Waals surface area contributed by atoms with Gasteiger partial charge in [-0.3, -0.25) is 0 Å². The Morgan fingerprint density at radius 2 is 2.25 bits per heavy atom. The number of rotatable bonds is 2. The lowest BCUT2D eigenvalue weighted by atomic mass is 10.2. The molecule has 0 aliphatic heterocycles. The second-order valence-electron chi connectivity index (χ2n) is 3.11. The zero-order valence-corrected chi connectivity index (χ0v) is 7.50. The van der Waals surface area contributed by atoms with Gasteiger partial charge in [0.05, 0.1) is 12.8 Å². The molecule has 0 fully saturated rings. The summed E-state index contributed by atoms with van der Waals surface area (Å²) in [4.78, 5) is 10.8. The van der Waals surface area contributed by atoms with Crippen molar-refractivity contribution in [2.24, 2.45) is 5.10 Å². The summed E-state index contributed by atoms with van der Waals surface area (Å²) in [6.07, 6.45) is 0.524. The molecule has 0 saturated carbocycles. The summed E-state index contributed by atoms with van der Waals surface area (Å²) in [5.74, 6) is 0. The summed E-state index contributed by atoms with van der Waals surface area (Å²) in [6.45, 7) is 5.04. The quantitative estimate of drug-likeness (QED) is 0.472. The first kappa shape index (κ1) is 10.9. The number of nitrogens with one attached hydrogen (secondary N) is 1. The minimum Gasteiger partial charge on any atom is -0.443 e. The molecule has 0 unspecified atom stereocenters. The maximum absolute atomic E-state index is 10.8. The highest BCUT2D eigenvalue weighted by molar-refractivity contribution is 5.69. The van der Waals surface area contributed by atoms with E-state index in [1.54, 1.807) is 20.8 Å². The van der Waals surface area contributed by atoms with Crippen molar-refractivity contribution in [3.05, 3.63) is 0 Å². The van der Waals surface area contributed by atoms with Crippen molar-refractivity contribution in [2.75, 3.05) is 6.61 Å². The Kier molecular flexibility index (Phi) is 4.28. The predicted molar refractivity (Wildman–Crippen MR) is 44.9 cm³/mol. The summed E-state index contributed by atoms with van der Waals surface area (Å²) in [7, 11) is 0. The highest BCUT2D eigenvalue weighted by Gasteiger charge is 2.14. The molecule has 0 atom stereocenters. The fraction of sp³-hybridized carbons (Fsp3) is 0.714. The number of amides is 1. The summed E-state index contributed by atoms with van der Waals surface area (Å²) < 4.78 is 4.84. The number of aliphatic hydroxyl groups excluding tert-OH is 1. The lowest BCUT2D eigenvalue weighted by molar-refractivity contribution is 0.0529. The van der Waals surface area contributed by atoms with E-state index < -0.39 is 11.7 Å². The van der Waals surface area contributed by atoms with Gasteiger partial charge < -0.3 is 9.84 Å². The SMILES string of the molecule is CC(C)(C)OC(=O)N/N=C/CO. The smallest absolute Gasteiger partial charge is 0.428 e. The Labute approximate surface area is 71.4 Å². The molecule has 2 N–H and O–H groups in total. The van der Waals surface area contributed by atoms with Crippen LogP contribution in [0.2, 0.25) is 0 Å². The zero-order valence-electron chi connectivity index (χ0n) is 7.50. The van der Waals surface area contributed by atoms with Crippen LogP contribution in [0.3, 0.4) is 0 Å². The van der Waals surface area contributed by atoms with Gasteiger partial charge in [0.15, 0.2) is 0 Å². The lowest BCUT2D eigenvalue weighted by Gasteiger charge is -2.18. The molecule has 5 nitrogen and oxygen atoms in total. The predicted octanol–water partition coefficient (Wildman–Crippen LogP) is 0.489. The van der Waals surface area contributed by atoms with Crippen LogP contribution in [0.25, 0.3) is 0 Å². The molecule has 0 aliphatic rings. The maximum Gasteiger partial charge on any atom is 0.428 e. The Morgan fingerprint density at radius 1 is 1.67 bits per heavy atom. The third-order valence-corrected chi connectivity index (χ3v) is 0.728. The van der Waals surface area contributed by atoms with Gasteiger partial charge in [0.25, 0.3) is 0 Å². The first-order valence-corrected chi connectivity index (χ1v) is 3.57. The molecule has 5 heteroatoms. The lowest BCUT2D eigenvalue weighted by Crippen LogP contribution is -2.29. The highest BCUT2D eigenvalue weighted by Crippen LogP contribution is 2.05. The third-order valence-electron chi connectivity index (χ3n) is 0.728. The van der Waals surface area contributed by atoms with Crippen molar-refractivity contribution in [2.45, 2.75) is 26.4 Å². The fourth-order valence-electron chi connectivity index (χ4n) is 0.440. The number of nitrogens with zero attached hydrogens (tertiary/aromatic N) is 1. The zero-order chi connectivity index (χ0) is 9.61. The number of hydrazone groups is 1. The number of aliphatic hydroxyl groups is 1. The molecule has 0 aliphatic carbocycles. The number of hydrogen-bond acceptors (Lipinski definition) is 4. The summed E-state index contributed by atoms with van der Waals surface area (Å²) >= 11 is 0. The van der Waals surface area contributed by atoms with E-state index >= 15 is 0 Å². The molecule has 1 amide bonds. The van der Waals surface area contributed by atoms with E-state index in [9.17, 15) is 4.79 Å². The molecule has 0 radical (unpaired) electrons. The third kappa shape index (κ3) is 7.01. The average Bonchev–Trinajstić information content (AvgIpc) is 1.84. The fourth-order valence-corrected chi connectivity index (χ4v) is 0.440. The molecular formula is C7H14N2O3. The highest BCUT2D eigenvalue weighted by atomic mass is 16.6. The normalized spacial score (nSPS) is 11.7. The van der Waals surface area contributed by atoms with Crippen LogP contribution in [0, 0.1) is 0 Å². The summed E-state index contributed by atoms with van der Waals surface area (Å²) in [6, 6.07) is 0. The molecule has 0 rings (SSSR count). The molecule has 70 valence electrons. The van der Waals surface area contributed by atoms with Crippen molar-refractivity contribution in [1.29, 1.82) is 0 Å². The number of carbonyl (C=O) groups is 1. The van der Waals surface area contributed by atoms with Gasteiger partial charge in [0.1, 0.15) is 5.60 Å². The minimum absolute atomic E-state index is 0.213. The van der Waals surface area contributed by atoms with Crippen molar-refractivity contribution in [1.82, 2.24) is 5.43 Å². The van der Waals surface area contributed by atoms with Gasteiger partial charge in [-0.1, -0.05) is 0 Å². The Bertz CT molecular complexity index is 172. The second-order valence-corrected chi connectivity index (χ2v) is 3.11. The van der Waals surface area contributed by atoms with Gasteiger partial charge in [-0.05, 0) is 20.8 Å². The van der Waals surface area contributed by atoms with E-state index in [0.717, 1.165) is 6.21 Å². The van der Waals surface area contributed by atoms with Crippen LogP contribution in [0.4, 0.5) is 4.79 Å². The molecule has 0 bridgehead atoms. The molecule has 0 spiro atoms. The van der Waals surface area contributed by atoms with E-state index in [-0.39, 0.29) is 6.61 Å². The van der Waals surface area contributed by atoms with Crippen molar-refractivity contribution < 1.29 is 14.6 Å². The van der Waals surface area contributed by atoms with Gasteiger partial charge in [-0.2, -0.15) is 5.10 Å². The van der Waals surface area contributed by atoms with E-state index in [2.05, 4.69) is 10.5 Å². The minimum atomic E-state index is -0.632. The van der Waals surface area contributed by atoms with Crippen molar-refractivity contribution in [3.63, 3.8) is 0 Å². The topological polar surface area (TPSA) is 70.9 Å². The Hall–Kier alpha value is -1.10. The van der Waals surface area contributed by atoms with Crippen LogP contribution in [0.1, 0.15) is 20.8 Å². The van der Waals surface area contributed by atoms with Gasteiger partial charge in [0, 0.05) is 0 Å². The van der Waals surface area contributed by atoms with E-state index in [0.29, 0.717) is 0 Å². The van der Waals surface area contributed by atoms with Crippen LogP contribution < -0.4 is 5.43 Å². The second kappa shape index (κ2) is 4.71. The standard InChI is InChI=1S/C7H14N2O3/c1-7(2,3)12-6(11)9-8-4-5-10/h4,10H,5H2,1-3H3,(H,9,11)/b8-4+. The van der Waals surface area contributed by atoms with Crippen LogP contribution in [-0.4, -0.2) is 29.6 Å².